The average molecular weight is 261 g/mol. The van der Waals surface area contributed by atoms with Gasteiger partial charge in [0.25, 0.3) is 0 Å². The van der Waals surface area contributed by atoms with Crippen LogP contribution in [0.3, 0.4) is 0 Å². The van der Waals surface area contributed by atoms with E-state index in [1.807, 2.05) is 20.9 Å². The molecule has 0 atom stereocenters. The van der Waals surface area contributed by atoms with Crippen LogP contribution in [0.15, 0.2) is 24.4 Å². The van der Waals surface area contributed by atoms with Gasteiger partial charge < -0.3 is 10.1 Å². The monoisotopic (exact) mass is 261 g/mol. The normalized spacial score (nSPS) is 10.5. The molecule has 1 aromatic carbocycles. The Morgan fingerprint density at radius 3 is 2.79 bits per heavy atom. The van der Waals surface area contributed by atoms with Gasteiger partial charge in [-0.2, -0.15) is 4.98 Å². The Hall–Kier alpha value is -2.01. The zero-order chi connectivity index (χ0) is 13.8. The van der Waals surface area contributed by atoms with Crippen LogP contribution in [0.25, 0.3) is 0 Å². The maximum Gasteiger partial charge on any atom is 0.322 e. The molecule has 0 spiro atoms. The molecular weight excluding hydrogens is 245 g/mol. The second kappa shape index (κ2) is 5.75. The molecule has 0 radical (unpaired) electrons. The number of aryl methyl sites for hydroxylation is 2. The lowest BCUT2D eigenvalue weighted by atomic mass is 10.2. The molecule has 0 saturated carbocycles. The summed E-state index contributed by atoms with van der Waals surface area (Å²) in [6.07, 6.45) is 1.71. The van der Waals surface area contributed by atoms with Crippen molar-refractivity contribution in [3.63, 3.8) is 0 Å². The smallest absolute Gasteiger partial charge is 0.322 e. The van der Waals surface area contributed by atoms with Crippen molar-refractivity contribution in [3.8, 4) is 11.8 Å². The zero-order valence-corrected chi connectivity index (χ0v) is 11.2. The average Bonchev–Trinajstić information content (AvgIpc) is 2.37. The summed E-state index contributed by atoms with van der Waals surface area (Å²) in [5.41, 5.74) is 2.68. The molecule has 0 fully saturated rings. The van der Waals surface area contributed by atoms with Gasteiger partial charge in [0, 0.05) is 30.1 Å². The van der Waals surface area contributed by atoms with Crippen molar-refractivity contribution in [2.75, 3.05) is 7.05 Å². The largest absolute Gasteiger partial charge is 0.424 e. The van der Waals surface area contributed by atoms with E-state index < -0.39 is 0 Å². The number of nitrogens with zero attached hydrogens (tertiary/aromatic N) is 2. The van der Waals surface area contributed by atoms with Crippen LogP contribution in [-0.2, 0) is 6.54 Å². The van der Waals surface area contributed by atoms with Gasteiger partial charge in [0.05, 0.1) is 0 Å². The van der Waals surface area contributed by atoms with Gasteiger partial charge in [-0.25, -0.2) is 9.37 Å². The standard InChI is InChI=1S/C14H16FN3O/c1-9-4-5-12(15)6-13(9)19-14-17-8-11(7-16-3)10(2)18-14/h4-6,8,16H,7H2,1-3H3. The minimum Gasteiger partial charge on any atom is -0.424 e. The molecule has 1 aromatic heterocycles. The van der Waals surface area contributed by atoms with Gasteiger partial charge in [-0.05, 0) is 32.5 Å². The number of benzene rings is 1. The van der Waals surface area contributed by atoms with Gasteiger partial charge in [-0.15, -0.1) is 0 Å². The van der Waals surface area contributed by atoms with Gasteiger partial charge in [0.2, 0.25) is 0 Å². The molecule has 100 valence electrons. The maximum atomic E-state index is 13.2. The lowest BCUT2D eigenvalue weighted by Crippen LogP contribution is -2.08. The Kier molecular flexibility index (Phi) is 4.06. The Morgan fingerprint density at radius 1 is 1.32 bits per heavy atom. The Morgan fingerprint density at radius 2 is 2.11 bits per heavy atom. The number of ether oxygens (including phenoxy) is 1. The molecule has 0 amide bonds. The van der Waals surface area contributed by atoms with Crippen molar-refractivity contribution in [1.82, 2.24) is 15.3 Å². The topological polar surface area (TPSA) is 47.0 Å². The maximum absolute atomic E-state index is 13.2. The predicted octanol–water partition coefficient (Wildman–Crippen LogP) is 2.74. The Balaban J connectivity index is 2.24. The van der Waals surface area contributed by atoms with E-state index in [4.69, 9.17) is 4.74 Å². The number of halogens is 1. The summed E-state index contributed by atoms with van der Waals surface area (Å²) in [5.74, 6) is 0.0879. The molecule has 19 heavy (non-hydrogen) atoms. The van der Waals surface area contributed by atoms with E-state index in [1.54, 1.807) is 12.3 Å². The highest BCUT2D eigenvalue weighted by molar-refractivity contribution is 5.34. The third kappa shape index (κ3) is 3.26. The summed E-state index contributed by atoms with van der Waals surface area (Å²) in [6, 6.07) is 4.61. The molecular formula is C14H16FN3O. The molecule has 0 aliphatic heterocycles. The van der Waals surface area contributed by atoms with Crippen molar-refractivity contribution in [3.05, 3.63) is 47.0 Å². The summed E-state index contributed by atoms with van der Waals surface area (Å²) in [5, 5.41) is 3.04. The lowest BCUT2D eigenvalue weighted by molar-refractivity contribution is 0.432. The van der Waals surface area contributed by atoms with Gasteiger partial charge in [-0.1, -0.05) is 6.07 Å². The first-order chi connectivity index (χ1) is 9.10. The summed E-state index contributed by atoms with van der Waals surface area (Å²) in [7, 11) is 1.86. The summed E-state index contributed by atoms with van der Waals surface area (Å²) < 4.78 is 18.7. The van der Waals surface area contributed by atoms with Crippen molar-refractivity contribution in [1.29, 1.82) is 0 Å². The zero-order valence-electron chi connectivity index (χ0n) is 11.2. The van der Waals surface area contributed by atoms with Crippen molar-refractivity contribution >= 4 is 0 Å². The Labute approximate surface area is 111 Å². The van der Waals surface area contributed by atoms with Crippen molar-refractivity contribution in [2.24, 2.45) is 0 Å². The third-order valence-corrected chi connectivity index (χ3v) is 2.78. The lowest BCUT2D eigenvalue weighted by Gasteiger charge is -2.09. The molecule has 0 unspecified atom stereocenters. The molecule has 0 aliphatic rings. The van der Waals surface area contributed by atoms with Crippen LogP contribution in [0.2, 0.25) is 0 Å². The van der Waals surface area contributed by atoms with Crippen LogP contribution < -0.4 is 10.1 Å². The summed E-state index contributed by atoms with van der Waals surface area (Å²) in [4.78, 5) is 8.39. The van der Waals surface area contributed by atoms with E-state index in [9.17, 15) is 4.39 Å². The van der Waals surface area contributed by atoms with Gasteiger partial charge in [-0.3, -0.25) is 0 Å². The number of nitrogens with one attached hydrogen (secondary N) is 1. The number of hydrogen-bond donors (Lipinski definition) is 1. The first-order valence-corrected chi connectivity index (χ1v) is 6.01. The highest BCUT2D eigenvalue weighted by Gasteiger charge is 2.07. The molecule has 0 bridgehead atoms. The van der Waals surface area contributed by atoms with E-state index in [0.717, 1.165) is 16.8 Å². The Bertz CT molecular complexity index is 587. The van der Waals surface area contributed by atoms with E-state index in [-0.39, 0.29) is 11.8 Å². The van der Waals surface area contributed by atoms with E-state index >= 15 is 0 Å². The molecule has 1 N–H and O–H groups in total. The van der Waals surface area contributed by atoms with E-state index in [0.29, 0.717) is 12.3 Å². The fraction of sp³-hybridized carbons (Fsp3) is 0.286. The van der Waals surface area contributed by atoms with Crippen molar-refractivity contribution in [2.45, 2.75) is 20.4 Å². The second-order valence-corrected chi connectivity index (χ2v) is 4.31. The molecule has 2 aromatic rings. The fourth-order valence-electron chi connectivity index (χ4n) is 1.67. The van der Waals surface area contributed by atoms with Crippen LogP contribution >= 0.6 is 0 Å². The highest BCUT2D eigenvalue weighted by Crippen LogP contribution is 2.23. The van der Waals surface area contributed by atoms with E-state index in [1.165, 1.54) is 12.1 Å². The van der Waals surface area contributed by atoms with E-state index in [2.05, 4.69) is 15.3 Å². The second-order valence-electron chi connectivity index (χ2n) is 4.31. The highest BCUT2D eigenvalue weighted by atomic mass is 19.1. The summed E-state index contributed by atoms with van der Waals surface area (Å²) in [6.45, 7) is 4.43. The number of aromatic nitrogens is 2. The molecule has 5 heteroatoms. The fourth-order valence-corrected chi connectivity index (χ4v) is 1.67. The van der Waals surface area contributed by atoms with Gasteiger partial charge in [0.1, 0.15) is 11.6 Å². The molecule has 0 aliphatic carbocycles. The molecule has 2 rings (SSSR count). The SMILES string of the molecule is CNCc1cnc(Oc2cc(F)ccc2C)nc1C. The number of rotatable bonds is 4. The first kappa shape index (κ1) is 13.4. The first-order valence-electron chi connectivity index (χ1n) is 6.01. The minimum absolute atomic E-state index is 0.228. The van der Waals surface area contributed by atoms with Crippen LogP contribution in [0.1, 0.15) is 16.8 Å². The van der Waals surface area contributed by atoms with Crippen LogP contribution in [0.5, 0.6) is 11.8 Å². The molecule has 4 nitrogen and oxygen atoms in total. The number of hydrogen-bond acceptors (Lipinski definition) is 4. The van der Waals surface area contributed by atoms with Crippen molar-refractivity contribution < 1.29 is 9.13 Å². The van der Waals surface area contributed by atoms with Crippen LogP contribution in [0.4, 0.5) is 4.39 Å². The van der Waals surface area contributed by atoms with Crippen LogP contribution in [0, 0.1) is 19.7 Å². The molecule has 1 heterocycles. The quantitative estimate of drug-likeness (QED) is 0.919. The molecule has 0 saturated heterocycles. The predicted molar refractivity (Wildman–Crippen MR) is 70.7 cm³/mol. The van der Waals surface area contributed by atoms with Gasteiger partial charge >= 0.3 is 6.01 Å². The van der Waals surface area contributed by atoms with Crippen LogP contribution in [-0.4, -0.2) is 17.0 Å². The minimum atomic E-state index is -0.343. The van der Waals surface area contributed by atoms with Gasteiger partial charge in [0.15, 0.2) is 0 Å². The third-order valence-electron chi connectivity index (χ3n) is 2.78. The summed E-state index contributed by atoms with van der Waals surface area (Å²) >= 11 is 0.